The molecule has 116 valence electrons. The number of anilines is 1. The first kappa shape index (κ1) is 13.6. The van der Waals surface area contributed by atoms with Gasteiger partial charge in [-0.05, 0) is 35.4 Å². The summed E-state index contributed by atoms with van der Waals surface area (Å²) in [4.78, 5) is 17.4. The highest BCUT2D eigenvalue weighted by molar-refractivity contribution is 5.86. The molecule has 0 amide bonds. The lowest BCUT2D eigenvalue weighted by Gasteiger charge is -2.16. The van der Waals surface area contributed by atoms with Crippen LogP contribution in [-0.2, 0) is 13.1 Å². The zero-order chi connectivity index (χ0) is 16.0. The summed E-state index contributed by atoms with van der Waals surface area (Å²) in [6, 6.07) is 9.65. The van der Waals surface area contributed by atoms with Gasteiger partial charge in [0.1, 0.15) is 11.6 Å². The highest BCUT2D eigenvalue weighted by Crippen LogP contribution is 2.29. The highest BCUT2D eigenvalue weighted by Gasteiger charge is 2.22. The van der Waals surface area contributed by atoms with Gasteiger partial charge in [-0.3, -0.25) is 0 Å². The summed E-state index contributed by atoms with van der Waals surface area (Å²) in [5, 5.41) is 13.6. The van der Waals surface area contributed by atoms with E-state index in [1.165, 1.54) is 21.8 Å². The van der Waals surface area contributed by atoms with Crippen molar-refractivity contribution in [1.82, 2.24) is 14.6 Å². The third kappa shape index (κ3) is 2.17. The molecule has 7 nitrogen and oxygen atoms in total. The molecule has 4 rings (SSSR count). The van der Waals surface area contributed by atoms with E-state index in [9.17, 15) is 9.90 Å². The summed E-state index contributed by atoms with van der Waals surface area (Å²) < 4.78 is 6.62. The summed E-state index contributed by atoms with van der Waals surface area (Å²) in [6.07, 6.45) is 1.32. The van der Waals surface area contributed by atoms with Gasteiger partial charge in [0, 0.05) is 13.1 Å². The number of hydrogen-bond acceptors (Lipinski definition) is 5. The lowest BCUT2D eigenvalue weighted by Crippen LogP contribution is -2.18. The second-order valence-electron chi connectivity index (χ2n) is 5.40. The Balaban J connectivity index is 1.70. The van der Waals surface area contributed by atoms with E-state index in [2.05, 4.69) is 15.0 Å². The van der Waals surface area contributed by atoms with Gasteiger partial charge in [-0.25, -0.2) is 14.3 Å². The lowest BCUT2D eigenvalue weighted by atomic mass is 10.1. The van der Waals surface area contributed by atoms with Crippen LogP contribution in [0.15, 0.2) is 36.5 Å². The minimum Gasteiger partial charge on any atom is -0.497 e. The number of carbonyl (C=O) groups is 1. The average molecular weight is 310 g/mol. The van der Waals surface area contributed by atoms with E-state index in [1.807, 2.05) is 24.3 Å². The third-order valence-corrected chi connectivity index (χ3v) is 4.03. The SMILES string of the molecule is COc1ccc2c(c1)CN(c1ccc3ncc(C(=O)O)n3n1)C2. The first-order valence-electron chi connectivity index (χ1n) is 7.14. The molecule has 0 spiro atoms. The van der Waals surface area contributed by atoms with Gasteiger partial charge in [-0.1, -0.05) is 6.07 Å². The zero-order valence-corrected chi connectivity index (χ0v) is 12.4. The maximum absolute atomic E-state index is 11.2. The Hall–Kier alpha value is -3.09. The van der Waals surface area contributed by atoms with Crippen molar-refractivity contribution >= 4 is 17.4 Å². The van der Waals surface area contributed by atoms with Crippen molar-refractivity contribution in [2.24, 2.45) is 0 Å². The zero-order valence-electron chi connectivity index (χ0n) is 12.4. The van der Waals surface area contributed by atoms with Crippen LogP contribution in [0.3, 0.4) is 0 Å². The van der Waals surface area contributed by atoms with Crippen LogP contribution in [0.5, 0.6) is 5.75 Å². The lowest BCUT2D eigenvalue weighted by molar-refractivity contribution is 0.0688. The monoisotopic (exact) mass is 310 g/mol. The normalized spacial score (nSPS) is 13.3. The second-order valence-corrected chi connectivity index (χ2v) is 5.40. The van der Waals surface area contributed by atoms with E-state index < -0.39 is 5.97 Å². The molecule has 0 saturated heterocycles. The summed E-state index contributed by atoms with van der Waals surface area (Å²) in [7, 11) is 1.65. The van der Waals surface area contributed by atoms with E-state index in [0.29, 0.717) is 18.0 Å². The number of carboxylic acid groups (broad SMARTS) is 1. The van der Waals surface area contributed by atoms with Gasteiger partial charge in [-0.15, -0.1) is 5.10 Å². The predicted molar refractivity (Wildman–Crippen MR) is 82.8 cm³/mol. The molecule has 1 aromatic carbocycles. The van der Waals surface area contributed by atoms with Gasteiger partial charge in [0.15, 0.2) is 11.3 Å². The van der Waals surface area contributed by atoms with Gasteiger partial charge in [0.05, 0.1) is 13.3 Å². The molecule has 7 heteroatoms. The molecule has 1 aliphatic heterocycles. The van der Waals surface area contributed by atoms with Crippen LogP contribution in [0.2, 0.25) is 0 Å². The number of aromatic nitrogens is 3. The van der Waals surface area contributed by atoms with Crippen molar-refractivity contribution in [3.05, 3.63) is 53.3 Å². The number of imidazole rings is 1. The molecule has 3 heterocycles. The highest BCUT2D eigenvalue weighted by atomic mass is 16.5. The van der Waals surface area contributed by atoms with Crippen molar-refractivity contribution in [2.75, 3.05) is 12.0 Å². The molecule has 0 radical (unpaired) electrons. The van der Waals surface area contributed by atoms with Crippen molar-refractivity contribution in [3.63, 3.8) is 0 Å². The fourth-order valence-electron chi connectivity index (χ4n) is 2.84. The van der Waals surface area contributed by atoms with Crippen LogP contribution in [0.4, 0.5) is 5.82 Å². The number of hydrogen-bond donors (Lipinski definition) is 1. The van der Waals surface area contributed by atoms with Crippen molar-refractivity contribution < 1.29 is 14.6 Å². The standard InChI is InChI=1S/C16H14N4O3/c1-23-12-3-2-10-8-19(9-11(10)6-12)15-5-4-14-17-7-13(16(21)22)20(14)18-15/h2-7H,8-9H2,1H3,(H,21,22). The number of carboxylic acids is 1. The van der Waals surface area contributed by atoms with Crippen molar-refractivity contribution in [3.8, 4) is 5.75 Å². The minimum absolute atomic E-state index is 0.0558. The maximum atomic E-state index is 11.2. The molecule has 0 bridgehead atoms. The van der Waals surface area contributed by atoms with Crippen LogP contribution < -0.4 is 9.64 Å². The molecule has 1 aliphatic rings. The Labute approximate surface area is 131 Å². The molecule has 1 N–H and O–H groups in total. The van der Waals surface area contributed by atoms with E-state index in [4.69, 9.17) is 4.74 Å². The van der Waals surface area contributed by atoms with Crippen LogP contribution in [0.25, 0.3) is 5.65 Å². The number of benzene rings is 1. The number of fused-ring (bicyclic) bond motifs is 2. The fourth-order valence-corrected chi connectivity index (χ4v) is 2.84. The fraction of sp³-hybridized carbons (Fsp3) is 0.188. The number of ether oxygens (including phenoxy) is 1. The molecule has 23 heavy (non-hydrogen) atoms. The summed E-state index contributed by atoms with van der Waals surface area (Å²) >= 11 is 0. The van der Waals surface area contributed by atoms with E-state index in [0.717, 1.165) is 12.3 Å². The molecule has 0 unspecified atom stereocenters. The Morgan fingerprint density at radius 1 is 1.22 bits per heavy atom. The van der Waals surface area contributed by atoms with Gasteiger partial charge in [0.25, 0.3) is 0 Å². The van der Waals surface area contributed by atoms with Crippen molar-refractivity contribution in [1.29, 1.82) is 0 Å². The van der Waals surface area contributed by atoms with E-state index >= 15 is 0 Å². The van der Waals surface area contributed by atoms with Crippen molar-refractivity contribution in [2.45, 2.75) is 13.1 Å². The number of rotatable bonds is 3. The van der Waals surface area contributed by atoms with Crippen LogP contribution in [-0.4, -0.2) is 32.8 Å². The molecule has 0 atom stereocenters. The Kier molecular flexibility index (Phi) is 2.94. The Morgan fingerprint density at radius 2 is 2.04 bits per heavy atom. The summed E-state index contributed by atoms with van der Waals surface area (Å²) in [5.74, 6) is 0.501. The summed E-state index contributed by atoms with van der Waals surface area (Å²) in [6.45, 7) is 1.44. The average Bonchev–Trinajstić information content (AvgIpc) is 3.17. The molecule has 0 fully saturated rings. The number of methoxy groups -OCH3 is 1. The topological polar surface area (TPSA) is 80.0 Å². The molecule has 2 aromatic heterocycles. The number of aromatic carboxylic acids is 1. The molecule has 3 aromatic rings. The molecular weight excluding hydrogens is 296 g/mol. The van der Waals surface area contributed by atoms with Crippen LogP contribution in [0, 0.1) is 0 Å². The van der Waals surface area contributed by atoms with Crippen LogP contribution >= 0.6 is 0 Å². The predicted octanol–water partition coefficient (Wildman–Crippen LogP) is 1.96. The molecule has 0 aliphatic carbocycles. The van der Waals surface area contributed by atoms with Crippen LogP contribution in [0.1, 0.15) is 21.6 Å². The Morgan fingerprint density at radius 3 is 2.83 bits per heavy atom. The van der Waals surface area contributed by atoms with E-state index in [1.54, 1.807) is 13.2 Å². The number of nitrogens with zero attached hydrogens (tertiary/aromatic N) is 4. The summed E-state index contributed by atoms with van der Waals surface area (Å²) in [5.41, 5.74) is 2.98. The van der Waals surface area contributed by atoms with E-state index in [-0.39, 0.29) is 5.69 Å². The first-order valence-corrected chi connectivity index (χ1v) is 7.14. The largest absolute Gasteiger partial charge is 0.497 e. The maximum Gasteiger partial charge on any atom is 0.356 e. The van der Waals surface area contributed by atoms with Gasteiger partial charge >= 0.3 is 5.97 Å². The van der Waals surface area contributed by atoms with Gasteiger partial charge < -0.3 is 14.7 Å². The second kappa shape index (κ2) is 4.98. The van der Waals surface area contributed by atoms with Gasteiger partial charge in [0.2, 0.25) is 0 Å². The minimum atomic E-state index is -1.04. The molecular formula is C16H14N4O3. The first-order chi connectivity index (χ1) is 11.2. The molecule has 0 saturated carbocycles. The quantitative estimate of drug-likeness (QED) is 0.796. The third-order valence-electron chi connectivity index (χ3n) is 4.03. The Bertz CT molecular complexity index is 919. The van der Waals surface area contributed by atoms with Gasteiger partial charge in [-0.2, -0.15) is 0 Å². The smallest absolute Gasteiger partial charge is 0.356 e.